The van der Waals surface area contributed by atoms with Gasteiger partial charge >= 0.3 is 5.97 Å². The zero-order chi connectivity index (χ0) is 13.7. The Balaban J connectivity index is 1.93. The van der Waals surface area contributed by atoms with Crippen LogP contribution in [0.4, 0.5) is 0 Å². The number of aliphatic carboxylic acids is 1. The van der Waals surface area contributed by atoms with Crippen molar-refractivity contribution < 1.29 is 19.4 Å². The normalized spacial score (nSPS) is 19.2. The van der Waals surface area contributed by atoms with Gasteiger partial charge in [-0.1, -0.05) is 0 Å². The van der Waals surface area contributed by atoms with Crippen LogP contribution >= 0.6 is 0 Å². The molecule has 1 atom stereocenters. The maximum absolute atomic E-state index is 11.9. The molecule has 0 aromatic carbocycles. The van der Waals surface area contributed by atoms with Crippen LogP contribution in [-0.4, -0.2) is 51.5 Å². The molecule has 1 amide bonds. The number of nitrogens with zero attached hydrogens (tertiary/aromatic N) is 3. The molecule has 19 heavy (non-hydrogen) atoms. The van der Waals surface area contributed by atoms with Crippen molar-refractivity contribution in [2.24, 2.45) is 0 Å². The van der Waals surface area contributed by atoms with Crippen LogP contribution < -0.4 is 0 Å². The maximum atomic E-state index is 11.9. The third-order valence-corrected chi connectivity index (χ3v) is 2.88. The van der Waals surface area contributed by atoms with E-state index in [1.165, 1.54) is 0 Å². The molecular formula is C12H15N3O4. The molecule has 102 valence electrons. The molecule has 0 saturated carbocycles. The third kappa shape index (κ3) is 3.72. The summed E-state index contributed by atoms with van der Waals surface area (Å²) in [5.74, 6) is -1.13. The second-order valence-electron chi connectivity index (χ2n) is 4.22. The first-order valence-electron chi connectivity index (χ1n) is 6.04. The maximum Gasteiger partial charge on any atom is 0.303 e. The van der Waals surface area contributed by atoms with Gasteiger partial charge in [0.05, 0.1) is 31.5 Å². The molecule has 0 spiro atoms. The number of aromatic nitrogens is 2. The van der Waals surface area contributed by atoms with Crippen molar-refractivity contribution >= 4 is 11.9 Å². The summed E-state index contributed by atoms with van der Waals surface area (Å²) in [6.07, 6.45) is 4.33. The first-order valence-corrected chi connectivity index (χ1v) is 6.04. The minimum Gasteiger partial charge on any atom is -0.481 e. The van der Waals surface area contributed by atoms with E-state index in [4.69, 9.17) is 9.84 Å². The molecule has 1 N–H and O–H groups in total. The van der Waals surface area contributed by atoms with Gasteiger partial charge in [-0.05, 0) is 0 Å². The highest BCUT2D eigenvalue weighted by molar-refractivity contribution is 5.80. The van der Waals surface area contributed by atoms with Gasteiger partial charge in [0.1, 0.15) is 6.10 Å². The lowest BCUT2D eigenvalue weighted by Gasteiger charge is -2.32. The number of rotatable bonds is 4. The Morgan fingerprint density at radius 2 is 2.26 bits per heavy atom. The fourth-order valence-corrected chi connectivity index (χ4v) is 1.90. The van der Waals surface area contributed by atoms with Crippen molar-refractivity contribution in [1.82, 2.24) is 14.9 Å². The highest BCUT2D eigenvalue weighted by Gasteiger charge is 2.26. The lowest BCUT2D eigenvalue weighted by atomic mass is 10.2. The summed E-state index contributed by atoms with van der Waals surface area (Å²) in [6.45, 7) is 1.28. The van der Waals surface area contributed by atoms with E-state index in [9.17, 15) is 9.59 Å². The Hall–Kier alpha value is -2.02. The molecule has 1 aliphatic rings. The number of hydrogen-bond donors (Lipinski definition) is 1. The van der Waals surface area contributed by atoms with Gasteiger partial charge in [-0.25, -0.2) is 0 Å². The van der Waals surface area contributed by atoms with Gasteiger partial charge < -0.3 is 14.7 Å². The Morgan fingerprint density at radius 1 is 1.42 bits per heavy atom. The molecule has 1 saturated heterocycles. The Morgan fingerprint density at radius 3 is 2.95 bits per heavy atom. The molecule has 1 aromatic rings. The minimum atomic E-state index is -0.966. The number of carbonyl (C=O) groups is 2. The van der Waals surface area contributed by atoms with Gasteiger partial charge in [0.25, 0.3) is 0 Å². The van der Waals surface area contributed by atoms with Gasteiger partial charge in [-0.3, -0.25) is 19.6 Å². The zero-order valence-corrected chi connectivity index (χ0v) is 10.4. The van der Waals surface area contributed by atoms with Crippen molar-refractivity contribution in [2.45, 2.75) is 18.9 Å². The minimum absolute atomic E-state index is 0.0164. The Labute approximate surface area is 110 Å². The standard InChI is InChI=1S/C12H15N3O4/c16-11(1-2-12(17)18)15-5-6-19-10(8-15)9-7-13-3-4-14-9/h3-4,7,10H,1-2,5-6,8H2,(H,17,18)/t10-/m1/s1. The summed E-state index contributed by atoms with van der Waals surface area (Å²) < 4.78 is 5.56. The molecule has 2 rings (SSSR count). The molecule has 0 unspecified atom stereocenters. The van der Waals surface area contributed by atoms with Gasteiger partial charge in [0.2, 0.25) is 5.91 Å². The third-order valence-electron chi connectivity index (χ3n) is 2.88. The van der Waals surface area contributed by atoms with Crippen molar-refractivity contribution in [3.05, 3.63) is 24.3 Å². The van der Waals surface area contributed by atoms with Crippen molar-refractivity contribution in [1.29, 1.82) is 0 Å². The van der Waals surface area contributed by atoms with Gasteiger partial charge in [0.15, 0.2) is 0 Å². The van der Waals surface area contributed by atoms with Crippen molar-refractivity contribution in [3.8, 4) is 0 Å². The molecule has 2 heterocycles. The van der Waals surface area contributed by atoms with E-state index in [0.29, 0.717) is 25.4 Å². The van der Waals surface area contributed by atoms with Crippen LogP contribution in [0.15, 0.2) is 18.6 Å². The van der Waals surface area contributed by atoms with Crippen LogP contribution in [0.5, 0.6) is 0 Å². The second kappa shape index (κ2) is 6.24. The second-order valence-corrected chi connectivity index (χ2v) is 4.22. The van der Waals surface area contributed by atoms with E-state index in [1.54, 1.807) is 23.5 Å². The Bertz CT molecular complexity index is 452. The largest absolute Gasteiger partial charge is 0.481 e. The molecular weight excluding hydrogens is 250 g/mol. The Kier molecular flexibility index (Phi) is 4.40. The van der Waals surface area contributed by atoms with E-state index < -0.39 is 5.97 Å². The summed E-state index contributed by atoms with van der Waals surface area (Å²) in [7, 11) is 0. The molecule has 0 radical (unpaired) electrons. The topological polar surface area (TPSA) is 92.6 Å². The quantitative estimate of drug-likeness (QED) is 0.838. The van der Waals surface area contributed by atoms with Gasteiger partial charge in [0, 0.05) is 25.4 Å². The van der Waals surface area contributed by atoms with Gasteiger partial charge in [-0.15, -0.1) is 0 Å². The number of carboxylic acids is 1. The lowest BCUT2D eigenvalue weighted by molar-refractivity contribution is -0.144. The molecule has 1 fully saturated rings. The van der Waals surface area contributed by atoms with Crippen LogP contribution in [0.1, 0.15) is 24.6 Å². The molecule has 0 aliphatic carbocycles. The van der Waals surface area contributed by atoms with Gasteiger partial charge in [-0.2, -0.15) is 0 Å². The van der Waals surface area contributed by atoms with Crippen molar-refractivity contribution in [3.63, 3.8) is 0 Å². The SMILES string of the molecule is O=C(O)CCC(=O)N1CCO[C@@H](c2cnccn2)C1. The van der Waals surface area contributed by atoms with Crippen LogP contribution in [-0.2, 0) is 14.3 Å². The van der Waals surface area contributed by atoms with Crippen LogP contribution in [0, 0.1) is 0 Å². The summed E-state index contributed by atoms with van der Waals surface area (Å²) in [5, 5.41) is 8.58. The monoisotopic (exact) mass is 265 g/mol. The average molecular weight is 265 g/mol. The van der Waals surface area contributed by atoms with Crippen LogP contribution in [0.2, 0.25) is 0 Å². The predicted octanol–water partition coefficient (Wildman–Crippen LogP) is 0.241. The average Bonchev–Trinajstić information content (AvgIpc) is 2.46. The first-order chi connectivity index (χ1) is 9.16. The number of carbonyl (C=O) groups excluding carboxylic acids is 1. The first kappa shape index (κ1) is 13.4. The fourth-order valence-electron chi connectivity index (χ4n) is 1.90. The number of ether oxygens (including phenoxy) is 1. The zero-order valence-electron chi connectivity index (χ0n) is 10.4. The number of morpholine rings is 1. The molecule has 0 bridgehead atoms. The number of carboxylic acid groups (broad SMARTS) is 1. The van der Waals surface area contributed by atoms with Crippen molar-refractivity contribution in [2.75, 3.05) is 19.7 Å². The van der Waals surface area contributed by atoms with E-state index >= 15 is 0 Å². The smallest absolute Gasteiger partial charge is 0.303 e. The van der Waals surface area contributed by atoms with E-state index in [2.05, 4.69) is 9.97 Å². The van der Waals surface area contributed by atoms with E-state index in [1.807, 2.05) is 0 Å². The number of amides is 1. The van der Waals surface area contributed by atoms with E-state index in [0.717, 1.165) is 0 Å². The lowest BCUT2D eigenvalue weighted by Crippen LogP contribution is -2.42. The molecule has 7 heteroatoms. The predicted molar refractivity (Wildman–Crippen MR) is 64.2 cm³/mol. The molecule has 1 aliphatic heterocycles. The van der Waals surface area contributed by atoms with Crippen LogP contribution in [0.3, 0.4) is 0 Å². The summed E-state index contributed by atoms with van der Waals surface area (Å²) >= 11 is 0. The highest BCUT2D eigenvalue weighted by Crippen LogP contribution is 2.20. The van der Waals surface area contributed by atoms with E-state index in [-0.39, 0.29) is 24.9 Å². The summed E-state index contributed by atoms with van der Waals surface area (Å²) in [4.78, 5) is 32.0. The van der Waals surface area contributed by atoms with Crippen LogP contribution in [0.25, 0.3) is 0 Å². The summed E-state index contributed by atoms with van der Waals surface area (Å²) in [5.41, 5.74) is 0.679. The fraction of sp³-hybridized carbons (Fsp3) is 0.500. The highest BCUT2D eigenvalue weighted by atomic mass is 16.5. The molecule has 7 nitrogen and oxygen atoms in total. The number of hydrogen-bond acceptors (Lipinski definition) is 5. The molecule has 1 aromatic heterocycles. The summed E-state index contributed by atoms with van der Waals surface area (Å²) in [6, 6.07) is 0.